The lowest BCUT2D eigenvalue weighted by Crippen LogP contribution is -2.05. The summed E-state index contributed by atoms with van der Waals surface area (Å²) in [6.45, 7) is 1.97. The highest BCUT2D eigenvalue weighted by molar-refractivity contribution is 5.95. The maximum absolute atomic E-state index is 5.39. The van der Waals surface area contributed by atoms with Crippen LogP contribution in [0.2, 0.25) is 0 Å². The molecule has 4 nitrogen and oxygen atoms in total. The predicted molar refractivity (Wildman–Crippen MR) is 57.6 cm³/mol. The molecular weight excluding hydrogens is 192 g/mol. The molecule has 1 aliphatic heterocycles. The van der Waals surface area contributed by atoms with Crippen LogP contribution in [0.25, 0.3) is 0 Å². The fourth-order valence-corrected chi connectivity index (χ4v) is 1.55. The van der Waals surface area contributed by atoms with E-state index in [4.69, 9.17) is 10.6 Å². The summed E-state index contributed by atoms with van der Waals surface area (Å²) >= 11 is 0. The number of ether oxygens (including phenoxy) is 1. The number of aliphatic imine (C=N–C) groups is 1. The van der Waals surface area contributed by atoms with Gasteiger partial charge >= 0.3 is 0 Å². The van der Waals surface area contributed by atoms with Gasteiger partial charge in [-0.25, -0.2) is 10.9 Å². The molecule has 80 valence electrons. The Balaban J connectivity index is 2.11. The van der Waals surface area contributed by atoms with Crippen LogP contribution in [0.15, 0.2) is 29.3 Å². The average molecular weight is 206 g/mol. The molecule has 1 aromatic carbocycles. The van der Waals surface area contributed by atoms with Gasteiger partial charge in [-0.15, -0.1) is 0 Å². The predicted octanol–water partition coefficient (Wildman–Crippen LogP) is 0.896. The lowest BCUT2D eigenvalue weighted by atomic mass is 10.1. The van der Waals surface area contributed by atoms with E-state index in [-0.39, 0.29) is 0 Å². The second kappa shape index (κ2) is 4.91. The fraction of sp³-hybridized carbons (Fsp3) is 0.364. The van der Waals surface area contributed by atoms with Gasteiger partial charge in [0.25, 0.3) is 0 Å². The summed E-state index contributed by atoms with van der Waals surface area (Å²) < 4.78 is 5.39. The molecule has 15 heavy (non-hydrogen) atoms. The van der Waals surface area contributed by atoms with Crippen LogP contribution in [0.1, 0.15) is 11.1 Å². The van der Waals surface area contributed by atoms with Gasteiger partial charge in [0.1, 0.15) is 6.61 Å². The van der Waals surface area contributed by atoms with E-state index in [1.165, 1.54) is 5.56 Å². The van der Waals surface area contributed by atoms with Crippen LogP contribution >= 0.6 is 0 Å². The van der Waals surface area contributed by atoms with E-state index < -0.39 is 0 Å². The first kappa shape index (κ1) is 10.1. The topological polar surface area (TPSA) is 56.8 Å². The third kappa shape index (κ3) is 2.55. The molecule has 0 saturated heterocycles. The van der Waals surface area contributed by atoms with Gasteiger partial charge < -0.3 is 9.57 Å². The monoisotopic (exact) mass is 206 g/mol. The smallest absolute Gasteiger partial charge is 0.216 e. The van der Waals surface area contributed by atoms with E-state index in [2.05, 4.69) is 15.9 Å². The van der Waals surface area contributed by atoms with Gasteiger partial charge in [0, 0.05) is 5.56 Å². The first-order valence-electron chi connectivity index (χ1n) is 4.98. The molecule has 1 heterocycles. The van der Waals surface area contributed by atoms with Crippen molar-refractivity contribution in [2.75, 3.05) is 19.8 Å². The van der Waals surface area contributed by atoms with Crippen LogP contribution in [0.4, 0.5) is 0 Å². The highest BCUT2D eigenvalue weighted by Crippen LogP contribution is 2.10. The van der Waals surface area contributed by atoms with Crippen molar-refractivity contribution in [3.05, 3.63) is 35.4 Å². The van der Waals surface area contributed by atoms with E-state index in [9.17, 15) is 0 Å². The molecule has 0 atom stereocenters. The number of nitrogens with zero attached hydrogens (tertiary/aromatic N) is 1. The molecule has 2 N–H and O–H groups in total. The Hall–Kier alpha value is -1.39. The van der Waals surface area contributed by atoms with Crippen LogP contribution in [-0.4, -0.2) is 25.7 Å². The van der Waals surface area contributed by atoms with Crippen molar-refractivity contribution in [2.24, 2.45) is 10.9 Å². The van der Waals surface area contributed by atoms with Gasteiger partial charge in [0.2, 0.25) is 5.90 Å². The minimum absolute atomic E-state index is 0.525. The molecule has 0 radical (unpaired) electrons. The SMILES string of the molecule is NOCCc1cccc(C2=NCCO2)c1. The van der Waals surface area contributed by atoms with Crippen LogP contribution in [0.3, 0.4) is 0 Å². The molecule has 0 aliphatic carbocycles. The zero-order valence-electron chi connectivity index (χ0n) is 8.48. The molecule has 0 aromatic heterocycles. The molecule has 1 aromatic rings. The lowest BCUT2D eigenvalue weighted by Gasteiger charge is -2.04. The second-order valence-corrected chi connectivity index (χ2v) is 3.36. The zero-order chi connectivity index (χ0) is 10.5. The van der Waals surface area contributed by atoms with Crippen molar-refractivity contribution < 1.29 is 9.57 Å². The van der Waals surface area contributed by atoms with Gasteiger partial charge in [0.05, 0.1) is 13.2 Å². The van der Waals surface area contributed by atoms with Crippen molar-refractivity contribution in [2.45, 2.75) is 6.42 Å². The molecule has 0 saturated carbocycles. The summed E-state index contributed by atoms with van der Waals surface area (Å²) in [5, 5.41) is 0. The van der Waals surface area contributed by atoms with Crippen molar-refractivity contribution >= 4 is 5.90 Å². The quantitative estimate of drug-likeness (QED) is 0.744. The van der Waals surface area contributed by atoms with Crippen molar-refractivity contribution in [1.82, 2.24) is 0 Å². The Kier molecular flexibility index (Phi) is 3.32. The first-order valence-corrected chi connectivity index (χ1v) is 4.98. The van der Waals surface area contributed by atoms with Crippen LogP contribution in [0.5, 0.6) is 0 Å². The third-order valence-electron chi connectivity index (χ3n) is 2.27. The molecule has 4 heteroatoms. The Labute approximate surface area is 88.7 Å². The summed E-state index contributed by atoms with van der Waals surface area (Å²) in [4.78, 5) is 8.82. The highest BCUT2D eigenvalue weighted by atomic mass is 16.6. The molecular formula is C11H14N2O2. The summed E-state index contributed by atoms with van der Waals surface area (Å²) in [6.07, 6.45) is 0.803. The summed E-state index contributed by atoms with van der Waals surface area (Å²) in [5.41, 5.74) is 2.21. The summed E-state index contributed by atoms with van der Waals surface area (Å²) in [6, 6.07) is 8.09. The minimum atomic E-state index is 0.525. The van der Waals surface area contributed by atoms with E-state index >= 15 is 0 Å². The van der Waals surface area contributed by atoms with E-state index in [0.29, 0.717) is 13.2 Å². The molecule has 0 unspecified atom stereocenters. The van der Waals surface area contributed by atoms with Crippen LogP contribution in [0, 0.1) is 0 Å². The van der Waals surface area contributed by atoms with Gasteiger partial charge in [-0.2, -0.15) is 0 Å². The largest absolute Gasteiger partial charge is 0.476 e. The Bertz CT molecular complexity index is 363. The maximum atomic E-state index is 5.39. The van der Waals surface area contributed by atoms with Crippen LogP contribution in [-0.2, 0) is 16.0 Å². The second-order valence-electron chi connectivity index (χ2n) is 3.36. The first-order chi connectivity index (χ1) is 7.40. The van der Waals surface area contributed by atoms with E-state index in [1.54, 1.807) is 0 Å². The Morgan fingerprint density at radius 2 is 2.40 bits per heavy atom. The van der Waals surface area contributed by atoms with Gasteiger partial charge in [0.15, 0.2) is 0 Å². The van der Waals surface area contributed by atoms with Gasteiger partial charge in [-0.05, 0) is 24.1 Å². The van der Waals surface area contributed by atoms with Gasteiger partial charge in [-0.1, -0.05) is 12.1 Å². The zero-order valence-corrected chi connectivity index (χ0v) is 8.48. The third-order valence-corrected chi connectivity index (χ3v) is 2.27. The number of rotatable bonds is 4. The summed E-state index contributed by atoms with van der Waals surface area (Å²) in [7, 11) is 0. The molecule has 0 spiro atoms. The number of hydrogen-bond acceptors (Lipinski definition) is 4. The standard InChI is InChI=1S/C11H14N2O2/c12-15-6-4-9-2-1-3-10(8-9)11-13-5-7-14-11/h1-3,8H,4-7,12H2. The van der Waals surface area contributed by atoms with Crippen molar-refractivity contribution in [3.63, 3.8) is 0 Å². The number of nitrogens with two attached hydrogens (primary N) is 1. The Morgan fingerprint density at radius 3 is 3.13 bits per heavy atom. The average Bonchev–Trinajstić information content (AvgIpc) is 2.80. The molecule has 0 amide bonds. The van der Waals surface area contributed by atoms with Crippen molar-refractivity contribution in [1.29, 1.82) is 0 Å². The number of benzene rings is 1. The minimum Gasteiger partial charge on any atom is -0.476 e. The van der Waals surface area contributed by atoms with Crippen LogP contribution < -0.4 is 5.90 Å². The molecule has 0 fully saturated rings. The van der Waals surface area contributed by atoms with Crippen molar-refractivity contribution in [3.8, 4) is 0 Å². The summed E-state index contributed by atoms with van der Waals surface area (Å²) in [5.74, 6) is 5.73. The fourth-order valence-electron chi connectivity index (χ4n) is 1.55. The maximum Gasteiger partial charge on any atom is 0.216 e. The molecule has 2 rings (SSSR count). The highest BCUT2D eigenvalue weighted by Gasteiger charge is 2.09. The van der Waals surface area contributed by atoms with E-state index in [0.717, 1.165) is 24.4 Å². The lowest BCUT2D eigenvalue weighted by molar-refractivity contribution is 0.141. The molecule has 1 aliphatic rings. The van der Waals surface area contributed by atoms with E-state index in [1.807, 2.05) is 18.2 Å². The number of hydrogen-bond donors (Lipinski definition) is 1. The Morgan fingerprint density at radius 1 is 1.47 bits per heavy atom. The van der Waals surface area contributed by atoms with Gasteiger partial charge in [-0.3, -0.25) is 0 Å². The normalized spacial score (nSPS) is 14.9. The molecule has 0 bridgehead atoms.